The average Bonchev–Trinajstić information content (AvgIpc) is 2.48. The Hall–Kier alpha value is -0.613. The van der Waals surface area contributed by atoms with E-state index in [0.29, 0.717) is 5.56 Å². The molecule has 1 N–H and O–H groups in total. The molecule has 84 valence electrons. The first-order chi connectivity index (χ1) is 6.68. The summed E-state index contributed by atoms with van der Waals surface area (Å²) in [4.78, 5) is 11.1. The second kappa shape index (κ2) is 3.76. The molecule has 0 bridgehead atoms. The van der Waals surface area contributed by atoms with Crippen molar-refractivity contribution in [1.82, 2.24) is 0 Å². The molecule has 15 heavy (non-hydrogen) atoms. The molecular weight excluding hydrogens is 224 g/mol. The average molecular weight is 242 g/mol. The number of thiophene rings is 1. The summed E-state index contributed by atoms with van der Waals surface area (Å²) in [6.07, 6.45) is 0. The van der Waals surface area contributed by atoms with Gasteiger partial charge in [0.2, 0.25) is 0 Å². The maximum Gasteiger partial charge on any atom is 0.336 e. The zero-order chi connectivity index (χ0) is 11.9. The largest absolute Gasteiger partial charge is 0.478 e. The van der Waals surface area contributed by atoms with Crippen LogP contribution in [0, 0.1) is 0 Å². The van der Waals surface area contributed by atoms with Crippen molar-refractivity contribution in [3.63, 3.8) is 0 Å². The third-order valence-electron chi connectivity index (χ3n) is 3.34. The Morgan fingerprint density at radius 2 is 1.93 bits per heavy atom. The van der Waals surface area contributed by atoms with Gasteiger partial charge in [-0.2, -0.15) is 11.3 Å². The third-order valence-corrected chi connectivity index (χ3v) is 11.1. The van der Waals surface area contributed by atoms with Crippen LogP contribution in [0.1, 0.15) is 31.1 Å². The summed E-state index contributed by atoms with van der Waals surface area (Å²) in [6.45, 7) is 11.1. The Morgan fingerprint density at radius 1 is 1.40 bits per heavy atom. The molecule has 1 heterocycles. The summed E-state index contributed by atoms with van der Waals surface area (Å²) in [5.41, 5.74) is 0.506. The molecule has 0 saturated heterocycles. The van der Waals surface area contributed by atoms with Gasteiger partial charge in [-0.1, -0.05) is 33.9 Å². The molecule has 0 aliphatic rings. The fourth-order valence-corrected chi connectivity index (χ4v) is 5.77. The van der Waals surface area contributed by atoms with Crippen molar-refractivity contribution < 1.29 is 9.90 Å². The smallest absolute Gasteiger partial charge is 0.336 e. The first-order valence-electron chi connectivity index (χ1n) is 4.99. The molecule has 2 nitrogen and oxygen atoms in total. The van der Waals surface area contributed by atoms with Gasteiger partial charge in [-0.15, -0.1) is 0 Å². The molecule has 0 aliphatic carbocycles. The summed E-state index contributed by atoms with van der Waals surface area (Å²) in [6, 6.07) is 1.73. The molecule has 0 radical (unpaired) electrons. The number of hydrogen-bond acceptors (Lipinski definition) is 2. The van der Waals surface area contributed by atoms with Gasteiger partial charge in [0.25, 0.3) is 0 Å². The molecule has 0 amide bonds. The molecule has 0 aromatic carbocycles. The van der Waals surface area contributed by atoms with Crippen LogP contribution in [0.4, 0.5) is 0 Å². The summed E-state index contributed by atoms with van der Waals surface area (Å²) >= 11 is 1.59. The van der Waals surface area contributed by atoms with Gasteiger partial charge in [-0.3, -0.25) is 0 Å². The van der Waals surface area contributed by atoms with Crippen LogP contribution in [-0.4, -0.2) is 19.1 Å². The van der Waals surface area contributed by atoms with Gasteiger partial charge in [0.1, 0.15) is 0 Å². The lowest BCUT2D eigenvalue weighted by molar-refractivity contribution is 0.0698. The van der Waals surface area contributed by atoms with Crippen molar-refractivity contribution in [2.45, 2.75) is 38.9 Å². The van der Waals surface area contributed by atoms with E-state index < -0.39 is 14.0 Å². The summed E-state index contributed by atoms with van der Waals surface area (Å²) in [5.74, 6) is -0.795. The van der Waals surface area contributed by atoms with Gasteiger partial charge in [0, 0.05) is 4.50 Å². The molecule has 0 saturated carbocycles. The molecule has 1 rings (SSSR count). The van der Waals surface area contributed by atoms with E-state index in [2.05, 4.69) is 33.9 Å². The molecule has 0 fully saturated rings. The van der Waals surface area contributed by atoms with Crippen molar-refractivity contribution in [1.29, 1.82) is 0 Å². The molecule has 1 aromatic heterocycles. The van der Waals surface area contributed by atoms with E-state index in [1.807, 2.05) is 5.38 Å². The zero-order valence-corrected chi connectivity index (χ0v) is 11.7. The van der Waals surface area contributed by atoms with Crippen LogP contribution in [-0.2, 0) is 0 Å². The van der Waals surface area contributed by atoms with Crippen molar-refractivity contribution in [3.05, 3.63) is 17.0 Å². The van der Waals surface area contributed by atoms with Gasteiger partial charge in [0.15, 0.2) is 0 Å². The maximum absolute atomic E-state index is 11.1. The first kappa shape index (κ1) is 12.5. The molecule has 0 spiro atoms. The highest BCUT2D eigenvalue weighted by atomic mass is 32.1. The minimum Gasteiger partial charge on any atom is -0.478 e. The van der Waals surface area contributed by atoms with Crippen molar-refractivity contribution in [2.75, 3.05) is 0 Å². The molecule has 0 aliphatic heterocycles. The van der Waals surface area contributed by atoms with Gasteiger partial charge < -0.3 is 5.11 Å². The molecular formula is C11H18O2SSi. The Labute approximate surface area is 96.0 Å². The summed E-state index contributed by atoms with van der Waals surface area (Å²) in [5, 5.41) is 11.2. The lowest BCUT2D eigenvalue weighted by Gasteiger charge is -2.36. The molecule has 4 heteroatoms. The van der Waals surface area contributed by atoms with Gasteiger partial charge in [-0.05, 0) is 16.5 Å². The predicted octanol–water partition coefficient (Wildman–Crippen LogP) is 3.16. The van der Waals surface area contributed by atoms with Gasteiger partial charge in [0.05, 0.1) is 13.6 Å². The lowest BCUT2D eigenvalue weighted by Crippen LogP contribution is -2.49. The highest BCUT2D eigenvalue weighted by molar-refractivity contribution is 7.26. The maximum atomic E-state index is 11.1. The topological polar surface area (TPSA) is 37.3 Å². The number of carboxylic acids is 1. The predicted molar refractivity (Wildman–Crippen MR) is 68.1 cm³/mol. The second-order valence-corrected chi connectivity index (χ2v) is 11.9. The van der Waals surface area contributed by atoms with Crippen molar-refractivity contribution in [2.24, 2.45) is 0 Å². The number of carbonyl (C=O) groups is 1. The highest BCUT2D eigenvalue weighted by Gasteiger charge is 2.40. The molecule has 0 atom stereocenters. The van der Waals surface area contributed by atoms with Crippen LogP contribution in [0.2, 0.25) is 18.1 Å². The monoisotopic (exact) mass is 242 g/mol. The number of hydrogen-bond donors (Lipinski definition) is 1. The quantitative estimate of drug-likeness (QED) is 0.809. The standard InChI is InChI=1S/C11H18O2SSi/c1-11(2,3)15(4,5)10-8(9(12)13)6-7-14-10/h6-7H,1-5H3,(H,12,13). The Bertz CT molecular complexity index is 374. The zero-order valence-electron chi connectivity index (χ0n) is 9.92. The lowest BCUT2D eigenvalue weighted by atomic mass is 10.2. The third kappa shape index (κ3) is 2.15. The van der Waals surface area contributed by atoms with E-state index in [1.165, 1.54) is 0 Å². The van der Waals surface area contributed by atoms with E-state index in [9.17, 15) is 4.79 Å². The second-order valence-electron chi connectivity index (χ2n) is 5.34. The van der Waals surface area contributed by atoms with Crippen molar-refractivity contribution >= 4 is 29.9 Å². The molecule has 0 unspecified atom stereocenters. The van der Waals surface area contributed by atoms with Gasteiger partial charge in [-0.25, -0.2) is 4.79 Å². The van der Waals surface area contributed by atoms with Crippen LogP contribution in [0.25, 0.3) is 0 Å². The summed E-state index contributed by atoms with van der Waals surface area (Å²) < 4.78 is 1.10. The van der Waals surface area contributed by atoms with E-state index in [-0.39, 0.29) is 5.04 Å². The van der Waals surface area contributed by atoms with Crippen LogP contribution >= 0.6 is 11.3 Å². The Morgan fingerprint density at radius 3 is 2.33 bits per heavy atom. The number of aromatic carboxylic acids is 1. The van der Waals surface area contributed by atoms with Crippen LogP contribution in [0.5, 0.6) is 0 Å². The van der Waals surface area contributed by atoms with E-state index in [1.54, 1.807) is 17.4 Å². The SMILES string of the molecule is CC(C)(C)[Si](C)(C)c1sccc1C(=O)O. The normalized spacial score (nSPS) is 12.9. The fourth-order valence-electron chi connectivity index (χ4n) is 1.30. The molecule has 1 aromatic rings. The minimum atomic E-state index is -1.70. The number of rotatable bonds is 2. The van der Waals surface area contributed by atoms with E-state index >= 15 is 0 Å². The van der Waals surface area contributed by atoms with Crippen LogP contribution < -0.4 is 4.50 Å². The fraction of sp³-hybridized carbons (Fsp3) is 0.545. The van der Waals surface area contributed by atoms with Crippen molar-refractivity contribution in [3.8, 4) is 0 Å². The Balaban J connectivity index is 3.27. The van der Waals surface area contributed by atoms with Crippen LogP contribution in [0.15, 0.2) is 11.4 Å². The number of carboxylic acid groups (broad SMARTS) is 1. The highest BCUT2D eigenvalue weighted by Crippen LogP contribution is 2.37. The van der Waals surface area contributed by atoms with E-state index in [4.69, 9.17) is 5.11 Å². The van der Waals surface area contributed by atoms with Gasteiger partial charge >= 0.3 is 5.97 Å². The van der Waals surface area contributed by atoms with E-state index in [0.717, 1.165) is 4.50 Å². The summed E-state index contributed by atoms with van der Waals surface area (Å²) in [7, 11) is -1.70. The minimum absolute atomic E-state index is 0.183. The first-order valence-corrected chi connectivity index (χ1v) is 8.87. The van der Waals surface area contributed by atoms with Crippen LogP contribution in [0.3, 0.4) is 0 Å². The Kier molecular flexibility index (Phi) is 3.12.